The normalized spacial score (nSPS) is 19.7. The fourth-order valence-corrected chi connectivity index (χ4v) is 0.484. The Morgan fingerprint density at radius 1 is 2.00 bits per heavy atom. The molecule has 0 aromatic heterocycles. The van der Waals surface area contributed by atoms with E-state index in [0.29, 0.717) is 0 Å². The molecule has 0 bridgehead atoms. The summed E-state index contributed by atoms with van der Waals surface area (Å²) in [6, 6.07) is 0. The minimum atomic E-state index is 0.722. The zero-order valence-electron chi connectivity index (χ0n) is 3.68. The van der Waals surface area contributed by atoms with Crippen LogP contribution in [0.25, 0.3) is 0 Å². The van der Waals surface area contributed by atoms with Crippen LogP contribution in [0.15, 0.2) is 11.8 Å². The molecule has 0 unspecified atom stereocenters. The van der Waals surface area contributed by atoms with E-state index < -0.39 is 0 Å². The lowest BCUT2D eigenvalue weighted by atomic mass is 10.2. The van der Waals surface area contributed by atoms with Crippen LogP contribution in [0.3, 0.4) is 0 Å². The van der Waals surface area contributed by atoms with Crippen LogP contribution >= 0.6 is 0 Å². The van der Waals surface area contributed by atoms with E-state index in [-0.39, 0.29) is 0 Å². The highest BCUT2D eigenvalue weighted by Gasteiger charge is 2.05. The van der Waals surface area contributed by atoms with Gasteiger partial charge >= 0.3 is 0 Å². The summed E-state index contributed by atoms with van der Waals surface area (Å²) in [5.74, 6) is 0. The van der Waals surface area contributed by atoms with Gasteiger partial charge in [-0.25, -0.2) is 0 Å². The van der Waals surface area contributed by atoms with Crippen LogP contribution < -0.4 is 0 Å². The van der Waals surface area contributed by atoms with Crippen LogP contribution in [0.1, 0.15) is 6.92 Å². The van der Waals surface area contributed by atoms with Crippen molar-refractivity contribution in [2.24, 2.45) is 0 Å². The first-order chi connectivity index (χ1) is 2.79. The molecule has 6 heavy (non-hydrogen) atoms. The lowest BCUT2D eigenvalue weighted by Crippen LogP contribution is -2.23. The fourth-order valence-electron chi connectivity index (χ4n) is 0.484. The number of hydrogen-bond donors (Lipinski definition) is 1. The van der Waals surface area contributed by atoms with Gasteiger partial charge in [-0.1, -0.05) is 0 Å². The Morgan fingerprint density at radius 3 is 2.50 bits per heavy atom. The van der Waals surface area contributed by atoms with Gasteiger partial charge < -0.3 is 0 Å². The van der Waals surface area contributed by atoms with Crippen molar-refractivity contribution >= 4 is 0 Å². The molecule has 2 nitrogen and oxygen atoms in total. The minimum absolute atomic E-state index is 0.722. The Morgan fingerprint density at radius 2 is 2.50 bits per heavy atom. The van der Waals surface area contributed by atoms with Gasteiger partial charge in [0, 0.05) is 6.20 Å². The molecule has 0 radical (unpaired) electrons. The quantitative estimate of drug-likeness (QED) is 0.465. The second-order valence-corrected chi connectivity index (χ2v) is 1.57. The number of nitrogens with zero attached hydrogens (tertiary/aromatic N) is 1. The molecule has 0 fully saturated rings. The van der Waals surface area contributed by atoms with Gasteiger partial charge in [-0.3, -0.25) is 10.3 Å². The Balaban J connectivity index is 2.46. The molecule has 1 heterocycles. The zero-order chi connectivity index (χ0) is 4.57. The van der Waals surface area contributed by atoms with Crippen LogP contribution in [0, 0.1) is 0 Å². The molecule has 0 atom stereocenters. The summed E-state index contributed by atoms with van der Waals surface area (Å²) < 4.78 is 0. The van der Waals surface area contributed by atoms with Crippen molar-refractivity contribution in [3.63, 3.8) is 0 Å². The molecule has 1 rings (SSSR count). The van der Waals surface area contributed by atoms with Crippen molar-refractivity contribution in [1.82, 2.24) is 5.06 Å². The van der Waals surface area contributed by atoms with E-state index >= 15 is 0 Å². The third-order valence-corrected chi connectivity index (χ3v) is 0.781. The van der Waals surface area contributed by atoms with Gasteiger partial charge in [0.25, 0.3) is 0 Å². The SMILES string of the molecule is CC1=CN(O)C1. The summed E-state index contributed by atoms with van der Waals surface area (Å²) in [7, 11) is 0. The van der Waals surface area contributed by atoms with Crippen molar-refractivity contribution in [2.75, 3.05) is 6.54 Å². The first-order valence-electron chi connectivity index (χ1n) is 1.92. The Labute approximate surface area is 36.6 Å². The smallest absolute Gasteiger partial charge is 0.0671 e. The van der Waals surface area contributed by atoms with Gasteiger partial charge in [0.1, 0.15) is 0 Å². The highest BCUT2D eigenvalue weighted by Crippen LogP contribution is 2.06. The molecule has 0 amide bonds. The van der Waals surface area contributed by atoms with Crippen molar-refractivity contribution in [3.05, 3.63) is 11.8 Å². The standard InChI is InChI=1S/C4H7NO/c1-4-2-5(6)3-4/h2,6H,3H2,1H3. The summed E-state index contributed by atoms with van der Waals surface area (Å²) in [5, 5.41) is 9.54. The van der Waals surface area contributed by atoms with Crippen molar-refractivity contribution in [3.8, 4) is 0 Å². The molecular weight excluding hydrogens is 78.0 g/mol. The van der Waals surface area contributed by atoms with Gasteiger partial charge in [-0.15, -0.1) is 0 Å². The summed E-state index contributed by atoms with van der Waals surface area (Å²) in [5.41, 5.74) is 1.23. The lowest BCUT2D eigenvalue weighted by molar-refractivity contribution is -0.0523. The van der Waals surface area contributed by atoms with Crippen molar-refractivity contribution < 1.29 is 5.21 Å². The van der Waals surface area contributed by atoms with Crippen LogP contribution in [-0.4, -0.2) is 16.8 Å². The first-order valence-corrected chi connectivity index (χ1v) is 1.92. The largest absolute Gasteiger partial charge is 0.289 e. The molecule has 0 aliphatic carbocycles. The number of hydroxylamine groups is 2. The lowest BCUT2D eigenvalue weighted by Gasteiger charge is -2.21. The Kier molecular flexibility index (Phi) is 0.601. The molecule has 1 N–H and O–H groups in total. The average molecular weight is 85.1 g/mol. The molecule has 2 heteroatoms. The van der Waals surface area contributed by atoms with E-state index in [9.17, 15) is 0 Å². The molecule has 0 saturated carbocycles. The van der Waals surface area contributed by atoms with Crippen molar-refractivity contribution in [1.29, 1.82) is 0 Å². The topological polar surface area (TPSA) is 23.5 Å². The van der Waals surface area contributed by atoms with E-state index in [0.717, 1.165) is 11.6 Å². The third-order valence-electron chi connectivity index (χ3n) is 0.781. The van der Waals surface area contributed by atoms with Crippen LogP contribution in [0.2, 0.25) is 0 Å². The number of rotatable bonds is 0. The maximum Gasteiger partial charge on any atom is 0.0671 e. The molecule has 0 saturated heterocycles. The molecule has 1 aliphatic heterocycles. The van der Waals surface area contributed by atoms with E-state index in [1.165, 1.54) is 5.57 Å². The highest BCUT2D eigenvalue weighted by atomic mass is 16.5. The fraction of sp³-hybridized carbons (Fsp3) is 0.500. The first kappa shape index (κ1) is 3.68. The summed E-state index contributed by atoms with van der Waals surface area (Å²) in [4.78, 5) is 0. The second-order valence-electron chi connectivity index (χ2n) is 1.57. The van der Waals surface area contributed by atoms with Crippen LogP contribution in [-0.2, 0) is 0 Å². The Bertz CT molecular complexity index is 87.5. The highest BCUT2D eigenvalue weighted by molar-refractivity contribution is 5.07. The predicted molar refractivity (Wildman–Crippen MR) is 22.2 cm³/mol. The summed E-state index contributed by atoms with van der Waals surface area (Å²) in [6.45, 7) is 2.70. The second kappa shape index (κ2) is 0.980. The van der Waals surface area contributed by atoms with E-state index in [2.05, 4.69) is 0 Å². The molecule has 0 aromatic carbocycles. The van der Waals surface area contributed by atoms with Gasteiger partial charge in [-0.2, -0.15) is 0 Å². The third kappa shape index (κ3) is 0.389. The summed E-state index contributed by atoms with van der Waals surface area (Å²) in [6.07, 6.45) is 1.69. The van der Waals surface area contributed by atoms with E-state index in [1.54, 1.807) is 6.20 Å². The van der Waals surface area contributed by atoms with E-state index in [4.69, 9.17) is 5.21 Å². The molecule has 0 spiro atoms. The van der Waals surface area contributed by atoms with Crippen LogP contribution in [0.4, 0.5) is 0 Å². The van der Waals surface area contributed by atoms with E-state index in [1.807, 2.05) is 6.92 Å². The molecular formula is C4H7NO. The summed E-state index contributed by atoms with van der Waals surface area (Å²) >= 11 is 0. The Hall–Kier alpha value is -0.500. The molecule has 0 aromatic rings. The molecule has 1 aliphatic rings. The van der Waals surface area contributed by atoms with Crippen molar-refractivity contribution in [2.45, 2.75) is 6.92 Å². The van der Waals surface area contributed by atoms with Crippen LogP contribution in [0.5, 0.6) is 0 Å². The van der Waals surface area contributed by atoms with Gasteiger partial charge in [0.2, 0.25) is 0 Å². The maximum atomic E-state index is 8.38. The minimum Gasteiger partial charge on any atom is -0.289 e. The monoisotopic (exact) mass is 85.1 g/mol. The molecule has 34 valence electrons. The number of hydrogen-bond acceptors (Lipinski definition) is 2. The average Bonchev–Trinajstić information content (AvgIpc) is 1.33. The maximum absolute atomic E-state index is 8.38. The van der Waals surface area contributed by atoms with Gasteiger partial charge in [0.05, 0.1) is 6.54 Å². The zero-order valence-corrected chi connectivity index (χ0v) is 3.68. The van der Waals surface area contributed by atoms with Gasteiger partial charge in [-0.05, 0) is 12.5 Å². The predicted octanol–water partition coefficient (Wildman–Crippen LogP) is 0.595. The van der Waals surface area contributed by atoms with Gasteiger partial charge in [0.15, 0.2) is 0 Å².